The van der Waals surface area contributed by atoms with Gasteiger partial charge in [-0.15, -0.1) is 0 Å². The lowest BCUT2D eigenvalue weighted by molar-refractivity contribution is -0.132. The Morgan fingerprint density at radius 2 is 1.77 bits per heavy atom. The molecule has 1 fully saturated rings. The van der Waals surface area contributed by atoms with Crippen molar-refractivity contribution in [2.24, 2.45) is 5.92 Å². The van der Waals surface area contributed by atoms with E-state index in [1.54, 1.807) is 23.1 Å². The molecule has 0 bridgehead atoms. The summed E-state index contributed by atoms with van der Waals surface area (Å²) in [5.74, 6) is 0.126. The first kappa shape index (κ1) is 17.0. The normalized spacial score (nSPS) is 17.0. The van der Waals surface area contributed by atoms with Crippen molar-refractivity contribution < 1.29 is 13.2 Å². The largest absolute Gasteiger partial charge is 0.341 e. The van der Waals surface area contributed by atoms with Crippen LogP contribution in [0.2, 0.25) is 0 Å². The van der Waals surface area contributed by atoms with Crippen LogP contribution in [0.15, 0.2) is 35.2 Å². The van der Waals surface area contributed by atoms with E-state index in [-0.39, 0.29) is 16.7 Å². The number of rotatable bonds is 6. The molecule has 1 N–H and O–H groups in total. The van der Waals surface area contributed by atoms with Crippen LogP contribution < -0.4 is 4.72 Å². The van der Waals surface area contributed by atoms with Gasteiger partial charge in [-0.2, -0.15) is 4.72 Å². The Labute approximate surface area is 132 Å². The fourth-order valence-electron chi connectivity index (χ4n) is 2.68. The lowest BCUT2D eigenvalue weighted by Crippen LogP contribution is -2.48. The summed E-state index contributed by atoms with van der Waals surface area (Å²) >= 11 is 0. The highest BCUT2D eigenvalue weighted by molar-refractivity contribution is 7.89. The molecule has 0 unspecified atom stereocenters. The number of benzene rings is 1. The average Bonchev–Trinajstić information content (AvgIpc) is 3.00. The van der Waals surface area contributed by atoms with Gasteiger partial charge in [0.1, 0.15) is 6.04 Å². The maximum absolute atomic E-state index is 12.6. The molecule has 22 heavy (non-hydrogen) atoms. The summed E-state index contributed by atoms with van der Waals surface area (Å²) in [6.07, 6.45) is 2.48. The second-order valence-electron chi connectivity index (χ2n) is 6.15. The summed E-state index contributed by atoms with van der Waals surface area (Å²) in [6.45, 7) is 5.42. The van der Waals surface area contributed by atoms with Gasteiger partial charge >= 0.3 is 0 Å². The number of nitrogens with zero attached hydrogens (tertiary/aromatic N) is 1. The molecule has 6 heteroatoms. The molecule has 2 rings (SSSR count). The molecule has 0 spiro atoms. The van der Waals surface area contributed by atoms with Crippen molar-refractivity contribution >= 4 is 15.9 Å². The van der Waals surface area contributed by atoms with E-state index in [0.29, 0.717) is 6.42 Å². The lowest BCUT2D eigenvalue weighted by Gasteiger charge is -2.25. The Kier molecular flexibility index (Phi) is 5.58. The van der Waals surface area contributed by atoms with Crippen molar-refractivity contribution in [3.8, 4) is 0 Å². The first-order valence-electron chi connectivity index (χ1n) is 7.76. The smallest absolute Gasteiger partial charge is 0.241 e. The highest BCUT2D eigenvalue weighted by Gasteiger charge is 2.30. The number of sulfonamides is 1. The average molecular weight is 324 g/mol. The number of carbonyl (C=O) groups is 1. The molecule has 1 aliphatic heterocycles. The second kappa shape index (κ2) is 7.24. The van der Waals surface area contributed by atoms with Gasteiger partial charge in [0.2, 0.25) is 15.9 Å². The zero-order valence-corrected chi connectivity index (χ0v) is 14.0. The van der Waals surface area contributed by atoms with E-state index in [9.17, 15) is 13.2 Å². The van der Waals surface area contributed by atoms with Gasteiger partial charge < -0.3 is 4.90 Å². The predicted molar refractivity (Wildman–Crippen MR) is 85.8 cm³/mol. The van der Waals surface area contributed by atoms with E-state index < -0.39 is 16.1 Å². The molecule has 0 aliphatic carbocycles. The molecule has 1 aliphatic rings. The highest BCUT2D eigenvalue weighted by Crippen LogP contribution is 2.16. The van der Waals surface area contributed by atoms with E-state index in [0.717, 1.165) is 25.9 Å². The molecule has 5 nitrogen and oxygen atoms in total. The maximum Gasteiger partial charge on any atom is 0.241 e. The van der Waals surface area contributed by atoms with Crippen LogP contribution in [0.4, 0.5) is 0 Å². The van der Waals surface area contributed by atoms with Crippen LogP contribution in [0.25, 0.3) is 0 Å². The van der Waals surface area contributed by atoms with Gasteiger partial charge in [-0.05, 0) is 37.3 Å². The third-order valence-corrected chi connectivity index (χ3v) is 5.26. The van der Waals surface area contributed by atoms with Crippen LogP contribution in [0.5, 0.6) is 0 Å². The van der Waals surface area contributed by atoms with Crippen molar-refractivity contribution in [1.29, 1.82) is 0 Å². The monoisotopic (exact) mass is 324 g/mol. The van der Waals surface area contributed by atoms with Gasteiger partial charge in [-0.1, -0.05) is 32.0 Å². The number of amides is 1. The minimum absolute atomic E-state index is 0.106. The first-order valence-corrected chi connectivity index (χ1v) is 9.24. The molecule has 122 valence electrons. The quantitative estimate of drug-likeness (QED) is 0.870. The number of likely N-dealkylation sites (tertiary alicyclic amines) is 1. The van der Waals surface area contributed by atoms with Gasteiger partial charge in [0, 0.05) is 13.1 Å². The fourth-order valence-corrected chi connectivity index (χ4v) is 3.91. The molecule has 1 saturated heterocycles. The Balaban J connectivity index is 2.17. The van der Waals surface area contributed by atoms with Gasteiger partial charge in [-0.25, -0.2) is 8.42 Å². The Morgan fingerprint density at radius 1 is 1.18 bits per heavy atom. The standard InChI is InChI=1S/C16H24N2O3S/c1-13(2)12-15(16(19)18-10-6-7-11-18)17-22(20,21)14-8-4-3-5-9-14/h3-5,8-9,13,15,17H,6-7,10-12H2,1-2H3/t15-/m0/s1. The first-order chi connectivity index (χ1) is 10.4. The number of hydrogen-bond donors (Lipinski definition) is 1. The Bertz CT molecular complexity index is 593. The molecule has 1 atom stereocenters. The van der Waals surface area contributed by atoms with E-state index >= 15 is 0 Å². The van der Waals surface area contributed by atoms with E-state index in [1.807, 2.05) is 13.8 Å². The number of nitrogens with one attached hydrogen (secondary N) is 1. The Morgan fingerprint density at radius 3 is 2.32 bits per heavy atom. The molecule has 1 heterocycles. The molecule has 0 radical (unpaired) electrons. The van der Waals surface area contributed by atoms with Crippen LogP contribution in [0.3, 0.4) is 0 Å². The van der Waals surface area contributed by atoms with E-state index in [1.165, 1.54) is 12.1 Å². The summed E-state index contributed by atoms with van der Waals surface area (Å²) in [5, 5.41) is 0. The zero-order valence-electron chi connectivity index (χ0n) is 13.2. The molecule has 1 amide bonds. The summed E-state index contributed by atoms with van der Waals surface area (Å²) < 4.78 is 27.5. The molecule has 1 aromatic carbocycles. The van der Waals surface area contributed by atoms with Gasteiger partial charge in [0.15, 0.2) is 0 Å². The van der Waals surface area contributed by atoms with E-state index in [2.05, 4.69) is 4.72 Å². The van der Waals surface area contributed by atoms with Gasteiger partial charge in [0.25, 0.3) is 0 Å². The van der Waals surface area contributed by atoms with Gasteiger partial charge in [-0.3, -0.25) is 4.79 Å². The van der Waals surface area contributed by atoms with Crippen LogP contribution in [0.1, 0.15) is 33.1 Å². The van der Waals surface area contributed by atoms with Crippen molar-refractivity contribution in [3.05, 3.63) is 30.3 Å². The van der Waals surface area contributed by atoms with Crippen LogP contribution in [-0.4, -0.2) is 38.4 Å². The maximum atomic E-state index is 12.6. The van der Waals surface area contributed by atoms with Gasteiger partial charge in [0.05, 0.1) is 4.90 Å². The minimum atomic E-state index is -3.68. The summed E-state index contributed by atoms with van der Waals surface area (Å²) in [6, 6.07) is 7.50. The molecular formula is C16H24N2O3S. The number of hydrogen-bond acceptors (Lipinski definition) is 3. The second-order valence-corrected chi connectivity index (χ2v) is 7.86. The van der Waals surface area contributed by atoms with Crippen molar-refractivity contribution in [3.63, 3.8) is 0 Å². The third kappa shape index (κ3) is 4.30. The van der Waals surface area contributed by atoms with Crippen LogP contribution >= 0.6 is 0 Å². The Hall–Kier alpha value is -1.40. The zero-order chi connectivity index (χ0) is 16.2. The lowest BCUT2D eigenvalue weighted by atomic mass is 10.0. The molecule has 0 saturated carbocycles. The summed E-state index contributed by atoms with van der Waals surface area (Å²) in [4.78, 5) is 14.5. The van der Waals surface area contributed by atoms with Crippen molar-refractivity contribution in [2.45, 2.75) is 44.0 Å². The third-order valence-electron chi connectivity index (χ3n) is 3.77. The predicted octanol–water partition coefficient (Wildman–Crippen LogP) is 2.00. The molecule has 0 aromatic heterocycles. The van der Waals surface area contributed by atoms with Crippen LogP contribution in [0, 0.1) is 5.92 Å². The van der Waals surface area contributed by atoms with Crippen molar-refractivity contribution in [2.75, 3.05) is 13.1 Å². The summed E-state index contributed by atoms with van der Waals surface area (Å²) in [7, 11) is -3.68. The number of carbonyl (C=O) groups excluding carboxylic acids is 1. The topological polar surface area (TPSA) is 66.5 Å². The highest BCUT2D eigenvalue weighted by atomic mass is 32.2. The van der Waals surface area contributed by atoms with Crippen molar-refractivity contribution in [1.82, 2.24) is 9.62 Å². The molecule has 1 aromatic rings. The van der Waals surface area contributed by atoms with E-state index in [4.69, 9.17) is 0 Å². The SMILES string of the molecule is CC(C)C[C@H](NS(=O)(=O)c1ccccc1)C(=O)N1CCCC1. The fraction of sp³-hybridized carbons (Fsp3) is 0.562. The minimum Gasteiger partial charge on any atom is -0.341 e. The molecular weight excluding hydrogens is 300 g/mol. The summed E-state index contributed by atoms with van der Waals surface area (Å²) in [5.41, 5.74) is 0. The van der Waals surface area contributed by atoms with Crippen LogP contribution in [-0.2, 0) is 14.8 Å².